The van der Waals surface area contributed by atoms with E-state index < -0.39 is 26.8 Å². The highest BCUT2D eigenvalue weighted by molar-refractivity contribution is 9.10. The lowest BCUT2D eigenvalue weighted by Gasteiger charge is -2.25. The number of carbonyl (C=O) groups excluding carboxylic acids is 1. The average molecular weight is 392 g/mol. The zero-order valence-corrected chi connectivity index (χ0v) is 15.6. The summed E-state index contributed by atoms with van der Waals surface area (Å²) >= 11 is 3.35. The van der Waals surface area contributed by atoms with Crippen LogP contribution >= 0.6 is 15.9 Å². The lowest BCUT2D eigenvalue weighted by atomic mass is 10.1. The molecule has 1 aromatic rings. The normalized spacial score (nSPS) is 13.7. The molecule has 22 heavy (non-hydrogen) atoms. The van der Waals surface area contributed by atoms with Gasteiger partial charge in [-0.15, -0.1) is 0 Å². The van der Waals surface area contributed by atoms with E-state index in [1.807, 2.05) is 6.07 Å². The number of sulfonamides is 1. The van der Waals surface area contributed by atoms with Gasteiger partial charge in [0.25, 0.3) is 0 Å². The van der Waals surface area contributed by atoms with Crippen molar-refractivity contribution in [2.45, 2.75) is 44.9 Å². The van der Waals surface area contributed by atoms with Crippen LogP contribution in [-0.2, 0) is 19.6 Å². The molecule has 1 atom stereocenters. The molecule has 1 rings (SSSR count). The summed E-state index contributed by atoms with van der Waals surface area (Å²) < 4.78 is 32.2. The van der Waals surface area contributed by atoms with Gasteiger partial charge in [0.15, 0.2) is 0 Å². The minimum Gasteiger partial charge on any atom is -0.466 e. The van der Waals surface area contributed by atoms with Gasteiger partial charge in [-0.05, 0) is 45.4 Å². The van der Waals surface area contributed by atoms with Gasteiger partial charge >= 0.3 is 5.97 Å². The van der Waals surface area contributed by atoms with E-state index in [4.69, 9.17) is 4.74 Å². The summed E-state index contributed by atoms with van der Waals surface area (Å²) in [6, 6.07) is 6.53. The Hall–Kier alpha value is -0.920. The average Bonchev–Trinajstić information content (AvgIpc) is 2.36. The number of rotatable bonds is 6. The molecule has 0 fully saturated rings. The van der Waals surface area contributed by atoms with Crippen LogP contribution in [0, 0.1) is 0 Å². The molecule has 0 aliphatic rings. The molecule has 0 aliphatic carbocycles. The molecule has 0 saturated heterocycles. The van der Waals surface area contributed by atoms with Crippen LogP contribution in [0.3, 0.4) is 0 Å². The standard InChI is InChI=1S/C15H22BrNO4S/c1-5-21-14(18)10-13(11-7-6-8-12(16)9-11)17-22(19,20)15(2,3)4/h6-9,13,17H,5,10H2,1-4H3/t13-/m0/s1. The molecule has 0 heterocycles. The molecule has 0 amide bonds. The number of hydrogen-bond donors (Lipinski definition) is 1. The van der Waals surface area contributed by atoms with E-state index in [0.717, 1.165) is 4.47 Å². The third-order valence-corrected chi connectivity index (χ3v) is 5.73. The fraction of sp³-hybridized carbons (Fsp3) is 0.533. The molecule has 124 valence electrons. The van der Waals surface area contributed by atoms with Crippen molar-refractivity contribution in [2.24, 2.45) is 0 Å². The van der Waals surface area contributed by atoms with Gasteiger partial charge in [0, 0.05) is 4.47 Å². The summed E-state index contributed by atoms with van der Waals surface area (Å²) in [7, 11) is -3.59. The molecule has 0 radical (unpaired) electrons. The predicted octanol–water partition coefficient (Wildman–Crippen LogP) is 3.16. The van der Waals surface area contributed by atoms with Crippen LogP contribution in [0.5, 0.6) is 0 Å². The van der Waals surface area contributed by atoms with Crippen molar-refractivity contribution in [3.8, 4) is 0 Å². The van der Waals surface area contributed by atoms with Crippen LogP contribution in [0.2, 0.25) is 0 Å². The number of carbonyl (C=O) groups is 1. The number of esters is 1. The summed E-state index contributed by atoms with van der Waals surface area (Å²) in [5.74, 6) is -0.441. The van der Waals surface area contributed by atoms with Crippen LogP contribution in [-0.4, -0.2) is 25.7 Å². The second-order valence-corrected chi connectivity index (χ2v) is 9.23. The van der Waals surface area contributed by atoms with Gasteiger partial charge in [0.2, 0.25) is 10.0 Å². The van der Waals surface area contributed by atoms with Gasteiger partial charge in [0.05, 0.1) is 23.8 Å². The Morgan fingerprint density at radius 1 is 1.36 bits per heavy atom. The van der Waals surface area contributed by atoms with Crippen molar-refractivity contribution in [1.82, 2.24) is 4.72 Å². The summed E-state index contributed by atoms with van der Waals surface area (Å²) in [5.41, 5.74) is 0.704. The van der Waals surface area contributed by atoms with Gasteiger partial charge in [-0.2, -0.15) is 0 Å². The largest absolute Gasteiger partial charge is 0.466 e. The lowest BCUT2D eigenvalue weighted by molar-refractivity contribution is -0.143. The van der Waals surface area contributed by atoms with E-state index >= 15 is 0 Å². The third-order valence-electron chi connectivity index (χ3n) is 3.03. The van der Waals surface area contributed by atoms with Crippen LogP contribution < -0.4 is 4.72 Å². The van der Waals surface area contributed by atoms with Gasteiger partial charge in [0.1, 0.15) is 0 Å². The lowest BCUT2D eigenvalue weighted by Crippen LogP contribution is -2.41. The first-order valence-corrected chi connectivity index (χ1v) is 9.27. The Morgan fingerprint density at radius 3 is 2.50 bits per heavy atom. The second kappa shape index (κ2) is 7.57. The molecule has 1 aromatic carbocycles. The second-order valence-electron chi connectivity index (χ2n) is 5.85. The zero-order valence-electron chi connectivity index (χ0n) is 13.2. The molecule has 0 bridgehead atoms. The Morgan fingerprint density at radius 2 is 2.00 bits per heavy atom. The van der Waals surface area contributed by atoms with Gasteiger partial charge in [-0.1, -0.05) is 28.1 Å². The third kappa shape index (κ3) is 5.37. The maximum atomic E-state index is 12.4. The zero-order chi connectivity index (χ0) is 17.0. The number of ether oxygens (including phenoxy) is 1. The van der Waals surface area contributed by atoms with Crippen LogP contribution in [0.1, 0.15) is 45.7 Å². The molecule has 0 spiro atoms. The first-order valence-electron chi connectivity index (χ1n) is 7.00. The van der Waals surface area contributed by atoms with Crippen molar-refractivity contribution in [2.75, 3.05) is 6.61 Å². The number of halogens is 1. The molecule has 7 heteroatoms. The van der Waals surface area contributed by atoms with Crippen molar-refractivity contribution in [3.05, 3.63) is 34.3 Å². The minimum atomic E-state index is -3.59. The Balaban J connectivity index is 3.10. The summed E-state index contributed by atoms with van der Waals surface area (Å²) in [4.78, 5) is 11.8. The van der Waals surface area contributed by atoms with Crippen molar-refractivity contribution >= 4 is 31.9 Å². The fourth-order valence-corrected chi connectivity index (χ4v) is 3.07. The highest BCUT2D eigenvalue weighted by Crippen LogP contribution is 2.25. The smallest absolute Gasteiger partial charge is 0.307 e. The molecule has 0 aromatic heterocycles. The Kier molecular flexibility index (Phi) is 6.58. The molecule has 0 saturated carbocycles. The van der Waals surface area contributed by atoms with E-state index in [-0.39, 0.29) is 13.0 Å². The van der Waals surface area contributed by atoms with E-state index in [0.29, 0.717) is 5.56 Å². The number of benzene rings is 1. The number of nitrogens with one attached hydrogen (secondary N) is 1. The summed E-state index contributed by atoms with van der Waals surface area (Å²) in [5, 5.41) is 0. The molecule has 5 nitrogen and oxygen atoms in total. The van der Waals surface area contributed by atoms with Gasteiger partial charge in [-0.25, -0.2) is 13.1 Å². The topological polar surface area (TPSA) is 72.5 Å². The molecular formula is C15H22BrNO4S. The molecular weight excluding hydrogens is 370 g/mol. The van der Waals surface area contributed by atoms with Crippen LogP contribution in [0.15, 0.2) is 28.7 Å². The minimum absolute atomic E-state index is 0.0559. The monoisotopic (exact) mass is 391 g/mol. The highest BCUT2D eigenvalue weighted by atomic mass is 79.9. The maximum Gasteiger partial charge on any atom is 0.307 e. The molecule has 0 unspecified atom stereocenters. The van der Waals surface area contributed by atoms with E-state index in [9.17, 15) is 13.2 Å². The van der Waals surface area contributed by atoms with E-state index in [2.05, 4.69) is 20.7 Å². The van der Waals surface area contributed by atoms with Crippen molar-refractivity contribution < 1.29 is 17.9 Å². The first kappa shape index (κ1) is 19.1. The molecule has 0 aliphatic heterocycles. The Bertz CT molecular complexity index is 623. The van der Waals surface area contributed by atoms with Crippen molar-refractivity contribution in [3.63, 3.8) is 0 Å². The Labute approximate surface area is 140 Å². The fourth-order valence-electron chi connectivity index (χ4n) is 1.70. The number of hydrogen-bond acceptors (Lipinski definition) is 4. The SMILES string of the molecule is CCOC(=O)C[C@H](NS(=O)(=O)C(C)(C)C)c1cccc(Br)c1. The highest BCUT2D eigenvalue weighted by Gasteiger charge is 2.32. The van der Waals surface area contributed by atoms with E-state index in [1.54, 1.807) is 45.9 Å². The summed E-state index contributed by atoms with van der Waals surface area (Å²) in [6.07, 6.45) is -0.0559. The summed E-state index contributed by atoms with van der Waals surface area (Å²) in [6.45, 7) is 6.80. The quantitative estimate of drug-likeness (QED) is 0.755. The van der Waals surface area contributed by atoms with Crippen LogP contribution in [0.4, 0.5) is 0 Å². The molecule has 1 N–H and O–H groups in total. The van der Waals surface area contributed by atoms with Crippen molar-refractivity contribution in [1.29, 1.82) is 0 Å². The maximum absolute atomic E-state index is 12.4. The van der Waals surface area contributed by atoms with E-state index in [1.165, 1.54) is 0 Å². The van der Waals surface area contributed by atoms with Gasteiger partial charge < -0.3 is 4.74 Å². The van der Waals surface area contributed by atoms with Gasteiger partial charge in [-0.3, -0.25) is 4.79 Å². The first-order chi connectivity index (χ1) is 10.1. The predicted molar refractivity (Wildman–Crippen MR) is 89.9 cm³/mol. The van der Waals surface area contributed by atoms with Crippen LogP contribution in [0.25, 0.3) is 0 Å².